The summed E-state index contributed by atoms with van der Waals surface area (Å²) in [6, 6.07) is 7.34. The molecule has 5 nitrogen and oxygen atoms in total. The Morgan fingerprint density at radius 3 is 2.67 bits per heavy atom. The number of nitrogens with one attached hydrogen (secondary N) is 1. The number of benzene rings is 1. The maximum absolute atomic E-state index is 12.1. The summed E-state index contributed by atoms with van der Waals surface area (Å²) >= 11 is 0. The van der Waals surface area contributed by atoms with Crippen molar-refractivity contribution in [3.8, 4) is 0 Å². The Morgan fingerprint density at radius 1 is 1.33 bits per heavy atom. The topological polar surface area (TPSA) is 64.0 Å². The molecule has 0 saturated carbocycles. The van der Waals surface area contributed by atoms with E-state index in [0.717, 1.165) is 12.0 Å². The molecule has 0 bridgehead atoms. The van der Waals surface area contributed by atoms with E-state index >= 15 is 0 Å². The van der Waals surface area contributed by atoms with Crippen LogP contribution < -0.4 is 4.72 Å². The first-order valence-corrected chi connectivity index (χ1v) is 7.10. The average molecular weight is 265 g/mol. The number of nitrogens with zero attached hydrogens (tertiary/aromatic N) is 2. The second-order valence-corrected chi connectivity index (χ2v) is 5.62. The molecular formula is C12H15N3O2S. The zero-order chi connectivity index (χ0) is 13.2. The number of imidazole rings is 1. The minimum absolute atomic E-state index is 0.0240. The number of sulfonamides is 1. The van der Waals surface area contributed by atoms with Gasteiger partial charge in [-0.25, -0.2) is 4.98 Å². The highest BCUT2D eigenvalue weighted by molar-refractivity contribution is 7.92. The normalized spacial score (nSPS) is 11.4. The van der Waals surface area contributed by atoms with Gasteiger partial charge in [-0.3, -0.25) is 4.72 Å². The van der Waals surface area contributed by atoms with Crippen molar-refractivity contribution in [1.82, 2.24) is 9.55 Å². The minimum atomic E-state index is -3.61. The molecule has 0 spiro atoms. The highest BCUT2D eigenvalue weighted by Gasteiger charge is 2.17. The van der Waals surface area contributed by atoms with Crippen molar-refractivity contribution >= 4 is 15.7 Å². The maximum atomic E-state index is 12.1. The van der Waals surface area contributed by atoms with Crippen LogP contribution in [-0.2, 0) is 23.5 Å². The predicted octanol–water partition coefficient (Wildman–Crippen LogP) is 1.78. The number of para-hydroxylation sites is 1. The van der Waals surface area contributed by atoms with Crippen LogP contribution in [0.4, 0.5) is 5.69 Å². The van der Waals surface area contributed by atoms with Crippen LogP contribution in [-0.4, -0.2) is 18.0 Å². The van der Waals surface area contributed by atoms with Crippen LogP contribution in [0.1, 0.15) is 12.5 Å². The number of hydrogen-bond acceptors (Lipinski definition) is 3. The molecule has 6 heteroatoms. The predicted molar refractivity (Wildman–Crippen MR) is 69.8 cm³/mol. The maximum Gasteiger partial charge on any atom is 0.280 e. The molecule has 0 amide bonds. The first kappa shape index (κ1) is 12.6. The number of aromatic nitrogens is 2. The number of hydrogen-bond donors (Lipinski definition) is 1. The largest absolute Gasteiger partial charge is 0.339 e. The van der Waals surface area contributed by atoms with E-state index in [9.17, 15) is 8.42 Å². The van der Waals surface area contributed by atoms with Crippen molar-refractivity contribution in [2.45, 2.75) is 18.4 Å². The third-order valence-corrected chi connectivity index (χ3v) is 3.85. The lowest BCUT2D eigenvalue weighted by Crippen LogP contribution is -2.14. The van der Waals surface area contributed by atoms with Gasteiger partial charge in [-0.15, -0.1) is 0 Å². The summed E-state index contributed by atoms with van der Waals surface area (Å²) in [6.07, 6.45) is 3.69. The van der Waals surface area contributed by atoms with Crippen molar-refractivity contribution in [1.29, 1.82) is 0 Å². The second-order valence-electron chi connectivity index (χ2n) is 3.99. The van der Waals surface area contributed by atoms with Crippen molar-refractivity contribution in [2.75, 3.05) is 4.72 Å². The molecule has 0 saturated heterocycles. The fourth-order valence-electron chi connectivity index (χ4n) is 1.65. The second kappa shape index (κ2) is 4.81. The van der Waals surface area contributed by atoms with Crippen LogP contribution in [0.25, 0.3) is 0 Å². The zero-order valence-electron chi connectivity index (χ0n) is 10.3. The van der Waals surface area contributed by atoms with Crippen LogP contribution in [0.15, 0.2) is 41.8 Å². The van der Waals surface area contributed by atoms with Crippen molar-refractivity contribution < 1.29 is 8.42 Å². The van der Waals surface area contributed by atoms with E-state index in [4.69, 9.17) is 0 Å². The molecule has 0 fully saturated rings. The molecule has 1 aromatic heterocycles. The molecule has 0 unspecified atom stereocenters. The van der Waals surface area contributed by atoms with Crippen LogP contribution in [0.3, 0.4) is 0 Å². The average Bonchev–Trinajstić information content (AvgIpc) is 2.77. The SMILES string of the molecule is CCc1ccccc1NS(=O)(=O)c1cn(C)cn1. The lowest BCUT2D eigenvalue weighted by Gasteiger charge is -2.09. The van der Waals surface area contributed by atoms with Gasteiger partial charge in [-0.05, 0) is 18.1 Å². The van der Waals surface area contributed by atoms with Crippen molar-refractivity contribution in [3.05, 3.63) is 42.4 Å². The Morgan fingerprint density at radius 2 is 2.06 bits per heavy atom. The molecule has 0 aliphatic rings. The summed E-state index contributed by atoms with van der Waals surface area (Å²) in [6.45, 7) is 1.98. The number of aryl methyl sites for hydroxylation is 2. The van der Waals surface area contributed by atoms with Crippen LogP contribution >= 0.6 is 0 Å². The van der Waals surface area contributed by atoms with E-state index in [-0.39, 0.29) is 5.03 Å². The fraction of sp³-hybridized carbons (Fsp3) is 0.250. The summed E-state index contributed by atoms with van der Waals surface area (Å²) in [5, 5.41) is 0.0240. The monoisotopic (exact) mass is 265 g/mol. The van der Waals surface area contributed by atoms with Gasteiger partial charge in [0.05, 0.1) is 12.0 Å². The Hall–Kier alpha value is -1.82. The molecule has 0 radical (unpaired) electrons. The summed E-state index contributed by atoms with van der Waals surface area (Å²) < 4.78 is 28.4. The first-order chi connectivity index (χ1) is 8.53. The van der Waals surface area contributed by atoms with Gasteiger partial charge in [-0.2, -0.15) is 8.42 Å². The first-order valence-electron chi connectivity index (χ1n) is 5.61. The standard InChI is InChI=1S/C12H15N3O2S/c1-3-10-6-4-5-7-11(10)14-18(16,17)12-8-15(2)9-13-12/h4-9,14H,3H2,1-2H3. The van der Waals surface area contributed by atoms with E-state index < -0.39 is 10.0 Å². The highest BCUT2D eigenvalue weighted by atomic mass is 32.2. The van der Waals surface area contributed by atoms with Gasteiger partial charge >= 0.3 is 0 Å². The molecule has 2 aromatic rings. The van der Waals surface area contributed by atoms with Crippen molar-refractivity contribution in [3.63, 3.8) is 0 Å². The smallest absolute Gasteiger partial charge is 0.280 e. The highest BCUT2D eigenvalue weighted by Crippen LogP contribution is 2.19. The van der Waals surface area contributed by atoms with E-state index in [1.165, 1.54) is 12.5 Å². The van der Waals surface area contributed by atoms with E-state index in [2.05, 4.69) is 9.71 Å². The lowest BCUT2D eigenvalue weighted by atomic mass is 10.1. The van der Waals surface area contributed by atoms with Crippen molar-refractivity contribution in [2.24, 2.45) is 7.05 Å². The van der Waals surface area contributed by atoms with Gasteiger partial charge in [0.15, 0.2) is 5.03 Å². The van der Waals surface area contributed by atoms with Gasteiger partial charge in [0, 0.05) is 13.2 Å². The molecule has 18 heavy (non-hydrogen) atoms. The van der Waals surface area contributed by atoms with Crippen LogP contribution in [0.5, 0.6) is 0 Å². The Kier molecular flexibility index (Phi) is 3.38. The number of anilines is 1. The van der Waals surface area contributed by atoms with Crippen LogP contribution in [0.2, 0.25) is 0 Å². The summed E-state index contributed by atoms with van der Waals surface area (Å²) in [5.41, 5.74) is 1.56. The third kappa shape index (κ3) is 2.53. The summed E-state index contributed by atoms with van der Waals surface area (Å²) in [5.74, 6) is 0. The lowest BCUT2D eigenvalue weighted by molar-refractivity contribution is 0.598. The van der Waals surface area contributed by atoms with Crippen LogP contribution in [0, 0.1) is 0 Å². The quantitative estimate of drug-likeness (QED) is 0.916. The van der Waals surface area contributed by atoms with E-state index in [1.807, 2.05) is 19.1 Å². The Balaban J connectivity index is 2.33. The molecule has 96 valence electrons. The molecule has 0 atom stereocenters. The van der Waals surface area contributed by atoms with Gasteiger partial charge < -0.3 is 4.57 Å². The molecule has 1 N–H and O–H groups in total. The molecule has 0 aliphatic carbocycles. The number of rotatable bonds is 4. The minimum Gasteiger partial charge on any atom is -0.339 e. The zero-order valence-corrected chi connectivity index (χ0v) is 11.1. The molecule has 0 aliphatic heterocycles. The fourth-order valence-corrected chi connectivity index (χ4v) is 2.74. The summed E-state index contributed by atoms with van der Waals surface area (Å²) in [4.78, 5) is 3.85. The van der Waals surface area contributed by atoms with Gasteiger partial charge in [0.1, 0.15) is 0 Å². The molecule has 2 rings (SSSR count). The van der Waals surface area contributed by atoms with Gasteiger partial charge in [-0.1, -0.05) is 25.1 Å². The van der Waals surface area contributed by atoms with Gasteiger partial charge in [0.2, 0.25) is 0 Å². The van der Waals surface area contributed by atoms with Gasteiger partial charge in [0.25, 0.3) is 10.0 Å². The Labute approximate surface area is 107 Å². The third-order valence-electron chi connectivity index (χ3n) is 2.60. The molecule has 1 heterocycles. The van der Waals surface area contributed by atoms with E-state index in [0.29, 0.717) is 5.69 Å². The Bertz CT molecular complexity index is 647. The van der Waals surface area contributed by atoms with E-state index in [1.54, 1.807) is 23.7 Å². The summed E-state index contributed by atoms with van der Waals surface area (Å²) in [7, 11) is -1.88. The molecule has 1 aromatic carbocycles. The molecular weight excluding hydrogens is 250 g/mol.